The lowest BCUT2D eigenvalue weighted by molar-refractivity contribution is 0.223. The third-order valence-corrected chi connectivity index (χ3v) is 3.84. The highest BCUT2D eigenvalue weighted by atomic mass is 32.1. The zero-order valence-electron chi connectivity index (χ0n) is 11.1. The van der Waals surface area contributed by atoms with Crippen molar-refractivity contribution in [1.29, 1.82) is 0 Å². The molecule has 0 fully saturated rings. The molecule has 0 saturated heterocycles. The molecule has 1 unspecified atom stereocenters. The van der Waals surface area contributed by atoms with Crippen molar-refractivity contribution < 1.29 is 9.84 Å². The fourth-order valence-electron chi connectivity index (χ4n) is 1.96. The van der Waals surface area contributed by atoms with Crippen LogP contribution in [0.15, 0.2) is 60.8 Å². The molecule has 3 aromatic rings. The molecule has 3 rings (SSSR count). The molecule has 2 aromatic carbocycles. The average Bonchev–Trinajstić information content (AvgIpc) is 2.94. The van der Waals surface area contributed by atoms with Crippen molar-refractivity contribution in [3.63, 3.8) is 0 Å². The summed E-state index contributed by atoms with van der Waals surface area (Å²) in [5.74, 6) is 1.43. The monoisotopic (exact) mass is 298 g/mol. The number of nitrogens with two attached hydrogens (primary N) is 1. The molecular weight excluding hydrogens is 284 g/mol. The largest absolute Gasteiger partial charge is 0.457 e. The van der Waals surface area contributed by atoms with Gasteiger partial charge in [-0.1, -0.05) is 41.7 Å². The van der Waals surface area contributed by atoms with Gasteiger partial charge in [-0.25, -0.2) is 4.98 Å². The third-order valence-electron chi connectivity index (χ3n) is 2.96. The van der Waals surface area contributed by atoms with Crippen LogP contribution in [0.5, 0.6) is 11.5 Å². The Morgan fingerprint density at radius 1 is 1.05 bits per heavy atom. The van der Waals surface area contributed by atoms with Gasteiger partial charge in [0.2, 0.25) is 0 Å². The Bertz CT molecular complexity index is 728. The SMILES string of the molecule is Nc1ncc(C(O)c2cccc(Oc3ccccc3)c2)s1. The number of anilines is 1. The number of ether oxygens (including phenoxy) is 1. The first kappa shape index (κ1) is 13.6. The van der Waals surface area contributed by atoms with E-state index in [0.717, 1.165) is 11.3 Å². The van der Waals surface area contributed by atoms with Crippen LogP contribution in [0.2, 0.25) is 0 Å². The third kappa shape index (κ3) is 3.21. The first-order valence-electron chi connectivity index (χ1n) is 6.44. The Balaban J connectivity index is 1.83. The Kier molecular flexibility index (Phi) is 3.85. The quantitative estimate of drug-likeness (QED) is 0.772. The van der Waals surface area contributed by atoms with Crippen molar-refractivity contribution >= 4 is 16.5 Å². The first-order chi connectivity index (χ1) is 10.2. The number of aliphatic hydroxyl groups is 1. The van der Waals surface area contributed by atoms with E-state index in [9.17, 15) is 5.11 Å². The highest BCUT2D eigenvalue weighted by molar-refractivity contribution is 7.15. The van der Waals surface area contributed by atoms with E-state index in [4.69, 9.17) is 10.5 Å². The maximum absolute atomic E-state index is 10.4. The molecule has 0 aliphatic rings. The highest BCUT2D eigenvalue weighted by Crippen LogP contribution is 2.30. The maximum atomic E-state index is 10.4. The second-order valence-electron chi connectivity index (χ2n) is 4.49. The predicted molar refractivity (Wildman–Crippen MR) is 83.5 cm³/mol. The zero-order chi connectivity index (χ0) is 14.7. The fourth-order valence-corrected chi connectivity index (χ4v) is 2.66. The minimum absolute atomic E-state index is 0.445. The van der Waals surface area contributed by atoms with Gasteiger partial charge in [0.15, 0.2) is 5.13 Å². The zero-order valence-corrected chi connectivity index (χ0v) is 12.0. The van der Waals surface area contributed by atoms with Crippen molar-refractivity contribution in [2.45, 2.75) is 6.10 Å². The van der Waals surface area contributed by atoms with Gasteiger partial charge in [0.25, 0.3) is 0 Å². The van der Waals surface area contributed by atoms with Gasteiger partial charge in [-0.15, -0.1) is 0 Å². The smallest absolute Gasteiger partial charge is 0.180 e. The standard InChI is InChI=1S/C16H14N2O2S/c17-16-18-10-14(21-16)15(19)11-5-4-8-13(9-11)20-12-6-2-1-3-7-12/h1-10,15,19H,(H2,17,18). The van der Waals surface area contributed by atoms with Crippen LogP contribution < -0.4 is 10.5 Å². The van der Waals surface area contributed by atoms with Gasteiger partial charge in [-0.2, -0.15) is 0 Å². The van der Waals surface area contributed by atoms with E-state index in [1.54, 1.807) is 6.20 Å². The highest BCUT2D eigenvalue weighted by Gasteiger charge is 2.14. The van der Waals surface area contributed by atoms with Gasteiger partial charge < -0.3 is 15.6 Å². The number of rotatable bonds is 4. The minimum atomic E-state index is -0.751. The molecule has 5 heteroatoms. The lowest BCUT2D eigenvalue weighted by atomic mass is 10.1. The van der Waals surface area contributed by atoms with Gasteiger partial charge >= 0.3 is 0 Å². The van der Waals surface area contributed by atoms with Crippen molar-refractivity contribution in [3.05, 3.63) is 71.2 Å². The lowest BCUT2D eigenvalue weighted by Gasteiger charge is -2.11. The van der Waals surface area contributed by atoms with E-state index in [1.165, 1.54) is 11.3 Å². The fraction of sp³-hybridized carbons (Fsp3) is 0.0625. The van der Waals surface area contributed by atoms with Crippen LogP contribution >= 0.6 is 11.3 Å². The molecule has 0 aliphatic carbocycles. The number of benzene rings is 2. The summed E-state index contributed by atoms with van der Waals surface area (Å²) in [6, 6.07) is 16.9. The molecule has 0 radical (unpaired) electrons. The minimum Gasteiger partial charge on any atom is -0.457 e. The van der Waals surface area contributed by atoms with Crippen molar-refractivity contribution in [2.75, 3.05) is 5.73 Å². The molecule has 1 aromatic heterocycles. The Hall–Kier alpha value is -2.37. The second kappa shape index (κ2) is 5.95. The summed E-state index contributed by atoms with van der Waals surface area (Å²) < 4.78 is 5.76. The molecule has 0 amide bonds. The Labute approximate surface area is 126 Å². The first-order valence-corrected chi connectivity index (χ1v) is 7.26. The Morgan fingerprint density at radius 3 is 2.52 bits per heavy atom. The number of aliphatic hydroxyl groups excluding tert-OH is 1. The second-order valence-corrected chi connectivity index (χ2v) is 5.58. The molecular formula is C16H14N2O2S. The number of thiazole rings is 1. The maximum Gasteiger partial charge on any atom is 0.180 e. The topological polar surface area (TPSA) is 68.4 Å². The molecule has 0 bridgehead atoms. The summed E-state index contributed by atoms with van der Waals surface area (Å²) in [5, 5.41) is 10.8. The molecule has 1 atom stereocenters. The van der Waals surface area contributed by atoms with Crippen LogP contribution in [-0.4, -0.2) is 10.1 Å². The molecule has 1 heterocycles. The summed E-state index contributed by atoms with van der Waals surface area (Å²) in [6.45, 7) is 0. The van der Waals surface area contributed by atoms with E-state index < -0.39 is 6.10 Å². The molecule has 3 N–H and O–H groups in total. The van der Waals surface area contributed by atoms with Crippen molar-refractivity contribution in [2.24, 2.45) is 0 Å². The van der Waals surface area contributed by atoms with Crippen molar-refractivity contribution in [3.8, 4) is 11.5 Å². The molecule has 0 spiro atoms. The van der Waals surface area contributed by atoms with Crippen molar-refractivity contribution in [1.82, 2.24) is 4.98 Å². The number of para-hydroxylation sites is 1. The van der Waals surface area contributed by atoms with Crippen LogP contribution in [0, 0.1) is 0 Å². The molecule has 21 heavy (non-hydrogen) atoms. The van der Waals surface area contributed by atoms with Crippen LogP contribution in [0.25, 0.3) is 0 Å². The van der Waals surface area contributed by atoms with Crippen LogP contribution in [0.4, 0.5) is 5.13 Å². The number of nitrogens with zero attached hydrogens (tertiary/aromatic N) is 1. The van der Waals surface area contributed by atoms with Crippen LogP contribution in [0.1, 0.15) is 16.5 Å². The van der Waals surface area contributed by atoms with Crippen LogP contribution in [0.3, 0.4) is 0 Å². The van der Waals surface area contributed by atoms with Gasteiger partial charge in [0.1, 0.15) is 17.6 Å². The normalized spacial score (nSPS) is 12.0. The lowest BCUT2D eigenvalue weighted by Crippen LogP contribution is -1.97. The van der Waals surface area contributed by atoms with Gasteiger partial charge in [-0.3, -0.25) is 0 Å². The number of hydrogen-bond acceptors (Lipinski definition) is 5. The molecule has 4 nitrogen and oxygen atoms in total. The van der Waals surface area contributed by atoms with E-state index in [0.29, 0.717) is 15.8 Å². The molecule has 0 aliphatic heterocycles. The summed E-state index contributed by atoms with van der Waals surface area (Å²) in [6.07, 6.45) is 0.842. The summed E-state index contributed by atoms with van der Waals surface area (Å²) >= 11 is 1.28. The molecule has 106 valence electrons. The van der Waals surface area contributed by atoms with Gasteiger partial charge in [0, 0.05) is 6.20 Å². The average molecular weight is 298 g/mol. The van der Waals surface area contributed by atoms with Gasteiger partial charge in [0.05, 0.1) is 4.88 Å². The summed E-state index contributed by atoms with van der Waals surface area (Å²) in [7, 11) is 0. The van der Waals surface area contributed by atoms with Gasteiger partial charge in [-0.05, 0) is 29.8 Å². The number of aromatic nitrogens is 1. The number of nitrogen functional groups attached to an aromatic ring is 1. The van der Waals surface area contributed by atoms with E-state index >= 15 is 0 Å². The summed E-state index contributed by atoms with van der Waals surface area (Å²) in [5.41, 5.74) is 6.34. The van der Waals surface area contributed by atoms with Crippen LogP contribution in [-0.2, 0) is 0 Å². The predicted octanol–water partition coefficient (Wildman–Crippen LogP) is 3.60. The number of hydrogen-bond donors (Lipinski definition) is 2. The van der Waals surface area contributed by atoms with E-state index in [2.05, 4.69) is 4.98 Å². The van der Waals surface area contributed by atoms with E-state index in [-0.39, 0.29) is 0 Å². The Morgan fingerprint density at radius 2 is 1.81 bits per heavy atom. The molecule has 0 saturated carbocycles. The summed E-state index contributed by atoms with van der Waals surface area (Å²) in [4.78, 5) is 4.67. The van der Waals surface area contributed by atoms with E-state index in [1.807, 2.05) is 54.6 Å².